The van der Waals surface area contributed by atoms with Gasteiger partial charge in [0.25, 0.3) is 5.56 Å². The molecular weight excluding hydrogens is 392 g/mol. The Balaban J connectivity index is 1.94. The van der Waals surface area contributed by atoms with E-state index in [4.69, 9.17) is 11.6 Å². The number of fused-ring (bicyclic) bond motifs is 3. The van der Waals surface area contributed by atoms with E-state index in [1.54, 1.807) is 30.3 Å². The van der Waals surface area contributed by atoms with Gasteiger partial charge in [0.15, 0.2) is 11.2 Å². The normalized spacial score (nSPS) is 13.5. The quantitative estimate of drug-likeness (QED) is 0.616. The van der Waals surface area contributed by atoms with E-state index in [1.165, 1.54) is 9.13 Å². The summed E-state index contributed by atoms with van der Waals surface area (Å²) < 4.78 is 4.44. The highest BCUT2D eigenvalue weighted by Gasteiger charge is 2.26. The lowest BCUT2D eigenvalue weighted by Crippen LogP contribution is -2.40. The van der Waals surface area contributed by atoms with Gasteiger partial charge in [0.2, 0.25) is 5.95 Å². The second kappa shape index (κ2) is 7.04. The molecule has 0 N–H and O–H groups in total. The minimum absolute atomic E-state index is 0.130. The fraction of sp³-hybridized carbons (Fsp3) is 0.300. The van der Waals surface area contributed by atoms with Crippen LogP contribution in [-0.4, -0.2) is 30.9 Å². The van der Waals surface area contributed by atoms with Crippen LogP contribution in [0.4, 0.5) is 5.95 Å². The number of anilines is 1. The third-order valence-electron chi connectivity index (χ3n) is 4.77. The minimum atomic E-state index is -0.429. The first-order chi connectivity index (χ1) is 13.8. The van der Waals surface area contributed by atoms with Gasteiger partial charge < -0.3 is 0 Å². The summed E-state index contributed by atoms with van der Waals surface area (Å²) in [6.45, 7) is 8.78. The van der Waals surface area contributed by atoms with Crippen LogP contribution in [0, 0.1) is 0 Å². The topological polar surface area (TPSA) is 77.4 Å². The monoisotopic (exact) mass is 412 g/mol. The van der Waals surface area contributed by atoms with Crippen molar-refractivity contribution in [2.24, 2.45) is 12.1 Å². The smallest absolute Gasteiger partial charge is 0.297 e. The maximum absolute atomic E-state index is 13.3. The van der Waals surface area contributed by atoms with Crippen LogP contribution in [0.2, 0.25) is 5.02 Å². The number of rotatable bonds is 4. The lowest BCUT2D eigenvalue weighted by atomic mass is 10.2. The summed E-state index contributed by atoms with van der Waals surface area (Å²) in [7, 11) is 1.62. The number of nitrogens with zero attached hydrogens (tertiary/aromatic N) is 6. The van der Waals surface area contributed by atoms with Gasteiger partial charge in [-0.25, -0.2) is 9.80 Å². The van der Waals surface area contributed by atoms with Crippen molar-refractivity contribution in [1.29, 1.82) is 0 Å². The molecule has 0 unspecified atom stereocenters. The van der Waals surface area contributed by atoms with Gasteiger partial charge in [-0.2, -0.15) is 10.1 Å². The van der Waals surface area contributed by atoms with Crippen molar-refractivity contribution in [3.8, 4) is 0 Å². The van der Waals surface area contributed by atoms with Crippen LogP contribution in [0.1, 0.15) is 19.4 Å². The molecule has 0 atom stereocenters. The highest BCUT2D eigenvalue weighted by molar-refractivity contribution is 6.30. The largest absolute Gasteiger partial charge is 0.332 e. The maximum atomic E-state index is 13.3. The van der Waals surface area contributed by atoms with Crippen LogP contribution in [0.15, 0.2) is 51.1 Å². The molecular formula is C20H21ClN6O2. The van der Waals surface area contributed by atoms with Gasteiger partial charge in [-0.3, -0.25) is 18.5 Å². The highest BCUT2D eigenvalue weighted by Crippen LogP contribution is 2.24. The van der Waals surface area contributed by atoms with Gasteiger partial charge in [-0.05, 0) is 31.5 Å². The molecule has 1 aliphatic heterocycles. The maximum Gasteiger partial charge on any atom is 0.332 e. The van der Waals surface area contributed by atoms with E-state index < -0.39 is 5.69 Å². The molecule has 1 aliphatic rings. The number of imidazole rings is 1. The second-order valence-corrected chi connectivity index (χ2v) is 7.82. The Morgan fingerprint density at radius 2 is 2.07 bits per heavy atom. The molecule has 3 aromatic rings. The van der Waals surface area contributed by atoms with Gasteiger partial charge >= 0.3 is 5.69 Å². The predicted octanol–water partition coefficient (Wildman–Crippen LogP) is 2.37. The van der Waals surface area contributed by atoms with E-state index in [1.807, 2.05) is 24.5 Å². The SMILES string of the molecule is C=C(C)CN1N=C(C)Cn2c1nc1c2c(=O)n(Cc2cccc(Cl)c2)c(=O)n1C. The number of benzene rings is 1. The fourth-order valence-electron chi connectivity index (χ4n) is 3.54. The van der Waals surface area contributed by atoms with Gasteiger partial charge in [0, 0.05) is 12.1 Å². The summed E-state index contributed by atoms with van der Waals surface area (Å²) in [4.78, 5) is 30.8. The van der Waals surface area contributed by atoms with Crippen molar-refractivity contribution in [3.63, 3.8) is 0 Å². The van der Waals surface area contributed by atoms with E-state index in [0.29, 0.717) is 35.2 Å². The molecule has 9 heteroatoms. The first-order valence-electron chi connectivity index (χ1n) is 9.16. The Morgan fingerprint density at radius 3 is 2.76 bits per heavy atom. The zero-order valence-corrected chi connectivity index (χ0v) is 17.3. The molecule has 0 amide bonds. The van der Waals surface area contributed by atoms with Gasteiger partial charge in [-0.15, -0.1) is 0 Å². The van der Waals surface area contributed by atoms with Crippen molar-refractivity contribution in [3.05, 3.63) is 67.8 Å². The molecule has 0 saturated heterocycles. The zero-order chi connectivity index (χ0) is 20.9. The highest BCUT2D eigenvalue weighted by atomic mass is 35.5. The average Bonchev–Trinajstić information content (AvgIpc) is 3.03. The summed E-state index contributed by atoms with van der Waals surface area (Å²) in [6.07, 6.45) is 0. The zero-order valence-electron chi connectivity index (χ0n) is 16.5. The van der Waals surface area contributed by atoms with Crippen LogP contribution in [0.25, 0.3) is 11.2 Å². The molecule has 1 aromatic carbocycles. The lowest BCUT2D eigenvalue weighted by molar-refractivity contribution is 0.653. The van der Waals surface area contributed by atoms with E-state index in [9.17, 15) is 9.59 Å². The second-order valence-electron chi connectivity index (χ2n) is 7.38. The molecule has 0 aliphatic carbocycles. The summed E-state index contributed by atoms with van der Waals surface area (Å²) in [5.41, 5.74) is 2.44. The standard InChI is InChI=1S/C20H21ClN6O2/c1-12(2)9-27-19-22-17-16(25(19)10-13(3)23-27)18(28)26(20(29)24(17)4)11-14-6-5-7-15(21)8-14/h5-8H,1,9-11H2,2-4H3. The van der Waals surface area contributed by atoms with Crippen LogP contribution in [-0.2, 0) is 20.1 Å². The fourth-order valence-corrected chi connectivity index (χ4v) is 3.75. The molecule has 0 spiro atoms. The molecule has 0 fully saturated rings. The predicted molar refractivity (Wildman–Crippen MR) is 115 cm³/mol. The molecule has 150 valence electrons. The molecule has 4 rings (SSSR count). The van der Waals surface area contributed by atoms with Crippen LogP contribution >= 0.6 is 11.6 Å². The average molecular weight is 413 g/mol. The first kappa shape index (κ1) is 19.2. The van der Waals surface area contributed by atoms with Gasteiger partial charge in [0.05, 0.1) is 25.3 Å². The van der Waals surface area contributed by atoms with Crippen LogP contribution in [0.5, 0.6) is 0 Å². The van der Waals surface area contributed by atoms with Crippen molar-refractivity contribution in [1.82, 2.24) is 18.7 Å². The molecule has 3 heterocycles. The minimum Gasteiger partial charge on any atom is -0.297 e. The van der Waals surface area contributed by atoms with Crippen molar-refractivity contribution < 1.29 is 0 Å². The Morgan fingerprint density at radius 1 is 1.31 bits per heavy atom. The number of hydrogen-bond donors (Lipinski definition) is 0. The first-order valence-corrected chi connectivity index (χ1v) is 9.54. The Kier molecular flexibility index (Phi) is 4.66. The third-order valence-corrected chi connectivity index (χ3v) is 5.01. The van der Waals surface area contributed by atoms with Crippen LogP contribution < -0.4 is 16.3 Å². The Labute approximate surface area is 172 Å². The third kappa shape index (κ3) is 3.29. The molecule has 29 heavy (non-hydrogen) atoms. The van der Waals surface area contributed by atoms with Gasteiger partial charge in [-0.1, -0.05) is 35.9 Å². The summed E-state index contributed by atoms with van der Waals surface area (Å²) in [5, 5.41) is 6.80. The van der Waals surface area contributed by atoms with Gasteiger partial charge in [0.1, 0.15) is 0 Å². The number of halogens is 1. The van der Waals surface area contributed by atoms with E-state index in [2.05, 4.69) is 16.7 Å². The molecule has 0 saturated carbocycles. The molecule has 2 aromatic heterocycles. The van der Waals surface area contributed by atoms with E-state index in [-0.39, 0.29) is 12.1 Å². The number of hydrogen-bond acceptors (Lipinski definition) is 5. The Bertz CT molecular complexity index is 1300. The lowest BCUT2D eigenvalue weighted by Gasteiger charge is -2.24. The Hall–Kier alpha value is -3.13. The number of hydrazone groups is 1. The van der Waals surface area contributed by atoms with Crippen molar-refractivity contribution in [2.75, 3.05) is 11.6 Å². The number of aryl methyl sites for hydroxylation is 1. The molecule has 0 bridgehead atoms. The van der Waals surface area contributed by atoms with Crippen molar-refractivity contribution in [2.45, 2.75) is 26.9 Å². The molecule has 0 radical (unpaired) electrons. The number of aromatic nitrogens is 4. The molecule has 8 nitrogen and oxygen atoms in total. The summed E-state index contributed by atoms with van der Waals surface area (Å²) in [6, 6.07) is 7.12. The van der Waals surface area contributed by atoms with E-state index in [0.717, 1.165) is 16.8 Å². The summed E-state index contributed by atoms with van der Waals surface area (Å²) in [5.74, 6) is 0.529. The van der Waals surface area contributed by atoms with Crippen molar-refractivity contribution >= 4 is 34.4 Å². The van der Waals surface area contributed by atoms with Crippen LogP contribution in [0.3, 0.4) is 0 Å². The summed E-state index contributed by atoms with van der Waals surface area (Å²) >= 11 is 6.06. The van der Waals surface area contributed by atoms with E-state index >= 15 is 0 Å².